The van der Waals surface area contributed by atoms with Gasteiger partial charge in [0.15, 0.2) is 0 Å². The molecule has 3 heteroatoms. The number of hydrogen-bond donors (Lipinski definition) is 1. The SMILES string of the molecule is Cc1ccsc1C(C)Nc1ccc2sccc2c1. The average molecular weight is 273 g/mol. The fourth-order valence-corrected chi connectivity index (χ4v) is 3.91. The normalized spacial score (nSPS) is 12.8. The van der Waals surface area contributed by atoms with Crippen LogP contribution in [0.4, 0.5) is 5.69 Å². The summed E-state index contributed by atoms with van der Waals surface area (Å²) in [4.78, 5) is 1.42. The van der Waals surface area contributed by atoms with Crippen molar-refractivity contribution in [2.45, 2.75) is 19.9 Å². The van der Waals surface area contributed by atoms with E-state index in [2.05, 4.69) is 60.3 Å². The third-order valence-corrected chi connectivity index (χ3v) is 5.23. The van der Waals surface area contributed by atoms with Crippen molar-refractivity contribution in [2.24, 2.45) is 0 Å². The molecule has 0 aliphatic carbocycles. The maximum absolute atomic E-state index is 3.58. The molecule has 0 aliphatic heterocycles. The Labute approximate surface area is 115 Å². The van der Waals surface area contributed by atoms with E-state index in [-0.39, 0.29) is 0 Å². The van der Waals surface area contributed by atoms with E-state index in [0.717, 1.165) is 0 Å². The molecule has 3 aromatic rings. The molecule has 2 heterocycles. The van der Waals surface area contributed by atoms with Gasteiger partial charge >= 0.3 is 0 Å². The Morgan fingerprint density at radius 2 is 1.89 bits per heavy atom. The molecule has 18 heavy (non-hydrogen) atoms. The van der Waals surface area contributed by atoms with Crippen LogP contribution in [0, 0.1) is 6.92 Å². The Morgan fingerprint density at radius 1 is 1.06 bits per heavy atom. The molecular weight excluding hydrogens is 258 g/mol. The first-order valence-electron chi connectivity index (χ1n) is 6.02. The summed E-state index contributed by atoms with van der Waals surface area (Å²) in [5.74, 6) is 0. The minimum absolute atomic E-state index is 0.362. The van der Waals surface area contributed by atoms with Gasteiger partial charge < -0.3 is 5.32 Å². The van der Waals surface area contributed by atoms with Crippen LogP contribution in [0.5, 0.6) is 0 Å². The van der Waals surface area contributed by atoms with E-state index < -0.39 is 0 Å². The minimum Gasteiger partial charge on any atom is -0.378 e. The highest BCUT2D eigenvalue weighted by Gasteiger charge is 2.09. The summed E-state index contributed by atoms with van der Waals surface area (Å²) in [6.07, 6.45) is 0. The standard InChI is InChI=1S/C15H15NS2/c1-10-5-7-18-15(10)11(2)16-13-3-4-14-12(9-13)6-8-17-14/h3-9,11,16H,1-2H3. The number of hydrogen-bond acceptors (Lipinski definition) is 3. The second-order valence-corrected chi connectivity index (χ2v) is 6.40. The first kappa shape index (κ1) is 11.8. The van der Waals surface area contributed by atoms with Crippen molar-refractivity contribution in [1.82, 2.24) is 0 Å². The average Bonchev–Trinajstić information content (AvgIpc) is 2.96. The Balaban J connectivity index is 1.85. The number of rotatable bonds is 3. The van der Waals surface area contributed by atoms with Crippen molar-refractivity contribution in [3.8, 4) is 0 Å². The quantitative estimate of drug-likeness (QED) is 0.669. The molecule has 3 rings (SSSR count). The molecule has 1 nitrogen and oxygen atoms in total. The molecular formula is C15H15NS2. The Kier molecular flexibility index (Phi) is 3.10. The molecule has 0 aliphatic rings. The lowest BCUT2D eigenvalue weighted by Gasteiger charge is -2.15. The van der Waals surface area contributed by atoms with Gasteiger partial charge in [-0.25, -0.2) is 0 Å². The molecule has 0 amide bonds. The lowest BCUT2D eigenvalue weighted by Crippen LogP contribution is -2.05. The summed E-state index contributed by atoms with van der Waals surface area (Å²) >= 11 is 3.61. The molecule has 0 saturated carbocycles. The second kappa shape index (κ2) is 4.75. The van der Waals surface area contributed by atoms with Gasteiger partial charge in [0, 0.05) is 15.3 Å². The summed E-state index contributed by atoms with van der Waals surface area (Å²) in [6.45, 7) is 4.39. The van der Waals surface area contributed by atoms with Gasteiger partial charge in [-0.3, -0.25) is 0 Å². The Morgan fingerprint density at radius 3 is 2.67 bits per heavy atom. The minimum atomic E-state index is 0.362. The van der Waals surface area contributed by atoms with Gasteiger partial charge in [-0.2, -0.15) is 0 Å². The van der Waals surface area contributed by atoms with Crippen LogP contribution in [-0.4, -0.2) is 0 Å². The largest absolute Gasteiger partial charge is 0.378 e. The van der Waals surface area contributed by atoms with Crippen LogP contribution in [-0.2, 0) is 0 Å². The molecule has 0 fully saturated rings. The summed E-state index contributed by atoms with van der Waals surface area (Å²) in [5, 5.41) is 9.20. The van der Waals surface area contributed by atoms with Crippen molar-refractivity contribution in [2.75, 3.05) is 5.32 Å². The van der Waals surface area contributed by atoms with Crippen molar-refractivity contribution < 1.29 is 0 Å². The van der Waals surface area contributed by atoms with Gasteiger partial charge in [0.25, 0.3) is 0 Å². The zero-order chi connectivity index (χ0) is 12.5. The Hall–Kier alpha value is -1.32. The predicted molar refractivity (Wildman–Crippen MR) is 82.9 cm³/mol. The van der Waals surface area contributed by atoms with Gasteiger partial charge in [0.05, 0.1) is 6.04 Å². The molecule has 2 aromatic heterocycles. The van der Waals surface area contributed by atoms with Crippen LogP contribution in [0.1, 0.15) is 23.4 Å². The zero-order valence-electron chi connectivity index (χ0n) is 10.4. The molecule has 92 valence electrons. The molecule has 1 atom stereocenters. The fraction of sp³-hybridized carbons (Fsp3) is 0.200. The Bertz CT molecular complexity index is 666. The van der Waals surface area contributed by atoms with Gasteiger partial charge in [-0.1, -0.05) is 0 Å². The second-order valence-electron chi connectivity index (χ2n) is 4.51. The number of thiophene rings is 2. The summed E-state index contributed by atoms with van der Waals surface area (Å²) < 4.78 is 1.35. The molecule has 1 unspecified atom stereocenters. The van der Waals surface area contributed by atoms with E-state index >= 15 is 0 Å². The van der Waals surface area contributed by atoms with Gasteiger partial charge in [-0.05, 0) is 65.9 Å². The summed E-state index contributed by atoms with van der Waals surface area (Å²) in [6, 6.07) is 11.3. The van der Waals surface area contributed by atoms with E-state index in [0.29, 0.717) is 6.04 Å². The number of benzene rings is 1. The lowest BCUT2D eigenvalue weighted by molar-refractivity contribution is 0.900. The van der Waals surface area contributed by atoms with Crippen LogP contribution in [0.15, 0.2) is 41.1 Å². The third kappa shape index (κ3) is 2.16. The third-order valence-electron chi connectivity index (χ3n) is 3.13. The molecule has 0 spiro atoms. The van der Waals surface area contributed by atoms with Crippen LogP contribution in [0.25, 0.3) is 10.1 Å². The van der Waals surface area contributed by atoms with Crippen LogP contribution in [0.2, 0.25) is 0 Å². The lowest BCUT2D eigenvalue weighted by atomic mass is 10.1. The number of anilines is 1. The maximum Gasteiger partial charge on any atom is 0.0581 e. The van der Waals surface area contributed by atoms with Gasteiger partial charge in [0.2, 0.25) is 0 Å². The van der Waals surface area contributed by atoms with Crippen LogP contribution in [0.3, 0.4) is 0 Å². The first-order chi connectivity index (χ1) is 8.74. The smallest absolute Gasteiger partial charge is 0.0581 e. The fourth-order valence-electron chi connectivity index (χ4n) is 2.20. The van der Waals surface area contributed by atoms with Crippen molar-refractivity contribution in [1.29, 1.82) is 0 Å². The van der Waals surface area contributed by atoms with Crippen LogP contribution >= 0.6 is 22.7 Å². The topological polar surface area (TPSA) is 12.0 Å². The summed E-state index contributed by atoms with van der Waals surface area (Å²) in [5.41, 5.74) is 2.57. The highest BCUT2D eigenvalue weighted by atomic mass is 32.1. The van der Waals surface area contributed by atoms with E-state index in [1.54, 1.807) is 11.3 Å². The van der Waals surface area contributed by atoms with E-state index in [1.165, 1.54) is 26.2 Å². The monoisotopic (exact) mass is 273 g/mol. The van der Waals surface area contributed by atoms with Crippen molar-refractivity contribution in [3.63, 3.8) is 0 Å². The van der Waals surface area contributed by atoms with Crippen molar-refractivity contribution in [3.05, 3.63) is 51.5 Å². The zero-order valence-corrected chi connectivity index (χ0v) is 12.1. The van der Waals surface area contributed by atoms with Crippen LogP contribution < -0.4 is 5.32 Å². The molecule has 0 saturated heterocycles. The number of aryl methyl sites for hydroxylation is 1. The first-order valence-corrected chi connectivity index (χ1v) is 7.78. The van der Waals surface area contributed by atoms with Gasteiger partial charge in [0.1, 0.15) is 0 Å². The molecule has 1 aromatic carbocycles. The van der Waals surface area contributed by atoms with E-state index in [1.807, 2.05) is 11.3 Å². The molecule has 0 radical (unpaired) electrons. The summed E-state index contributed by atoms with van der Waals surface area (Å²) in [7, 11) is 0. The van der Waals surface area contributed by atoms with Gasteiger partial charge in [-0.15, -0.1) is 22.7 Å². The van der Waals surface area contributed by atoms with Crippen molar-refractivity contribution >= 4 is 38.4 Å². The predicted octanol–water partition coefficient (Wildman–Crippen LogP) is 5.44. The number of fused-ring (bicyclic) bond motifs is 1. The van der Waals surface area contributed by atoms with E-state index in [9.17, 15) is 0 Å². The van der Waals surface area contributed by atoms with E-state index in [4.69, 9.17) is 0 Å². The highest BCUT2D eigenvalue weighted by Crippen LogP contribution is 2.29. The molecule has 1 N–H and O–H groups in total. The highest BCUT2D eigenvalue weighted by molar-refractivity contribution is 7.17. The maximum atomic E-state index is 3.58. The number of nitrogens with one attached hydrogen (secondary N) is 1. The molecule has 0 bridgehead atoms.